The Balaban J connectivity index is 2.27. The molecule has 20 heavy (non-hydrogen) atoms. The third-order valence-electron chi connectivity index (χ3n) is 3.18. The molecule has 3 nitrogen and oxygen atoms in total. The summed E-state index contributed by atoms with van der Waals surface area (Å²) < 4.78 is 1.92. The topological polar surface area (TPSA) is 41.6 Å². The average molecular weight is 302 g/mol. The molecule has 0 aliphatic rings. The van der Waals surface area contributed by atoms with E-state index in [9.17, 15) is 0 Å². The second-order valence-corrected chi connectivity index (χ2v) is 5.28. The fourth-order valence-corrected chi connectivity index (χ4v) is 2.66. The number of nitriles is 1. The van der Waals surface area contributed by atoms with Crippen LogP contribution in [0.1, 0.15) is 5.56 Å². The van der Waals surface area contributed by atoms with Crippen molar-refractivity contribution in [2.75, 3.05) is 0 Å². The molecular formula is C15H9Cl2N3. The molecule has 0 saturated heterocycles. The van der Waals surface area contributed by atoms with Gasteiger partial charge in [0.2, 0.25) is 0 Å². The van der Waals surface area contributed by atoms with E-state index in [4.69, 9.17) is 28.5 Å². The lowest BCUT2D eigenvalue weighted by atomic mass is 10.2. The van der Waals surface area contributed by atoms with Crippen LogP contribution >= 0.6 is 23.2 Å². The molecule has 0 aliphatic carbocycles. The van der Waals surface area contributed by atoms with Gasteiger partial charge in [-0.05, 0) is 36.4 Å². The summed E-state index contributed by atoms with van der Waals surface area (Å²) in [5, 5.41) is 10.1. The number of imidazole rings is 1. The summed E-state index contributed by atoms with van der Waals surface area (Å²) in [7, 11) is 1.90. The Morgan fingerprint density at radius 3 is 2.65 bits per heavy atom. The van der Waals surface area contributed by atoms with Crippen molar-refractivity contribution in [3.05, 3.63) is 52.0 Å². The fourth-order valence-electron chi connectivity index (χ4n) is 2.17. The van der Waals surface area contributed by atoms with Gasteiger partial charge >= 0.3 is 0 Å². The van der Waals surface area contributed by atoms with E-state index in [0.717, 1.165) is 22.4 Å². The number of fused-ring (bicyclic) bond motifs is 1. The van der Waals surface area contributed by atoms with Crippen molar-refractivity contribution in [3.8, 4) is 17.5 Å². The lowest BCUT2D eigenvalue weighted by Gasteiger charge is -2.05. The summed E-state index contributed by atoms with van der Waals surface area (Å²) in [4.78, 5) is 4.57. The van der Waals surface area contributed by atoms with Gasteiger partial charge < -0.3 is 4.57 Å². The van der Waals surface area contributed by atoms with E-state index >= 15 is 0 Å². The molecule has 5 heteroatoms. The van der Waals surface area contributed by atoms with Gasteiger partial charge in [0, 0.05) is 17.6 Å². The minimum Gasteiger partial charge on any atom is -0.327 e. The first-order valence-corrected chi connectivity index (χ1v) is 6.68. The van der Waals surface area contributed by atoms with Gasteiger partial charge in [0.05, 0.1) is 27.7 Å². The van der Waals surface area contributed by atoms with Crippen molar-refractivity contribution in [2.45, 2.75) is 0 Å². The first-order chi connectivity index (χ1) is 9.60. The molecule has 0 fully saturated rings. The Morgan fingerprint density at radius 2 is 1.95 bits per heavy atom. The van der Waals surface area contributed by atoms with Crippen LogP contribution in [0.4, 0.5) is 0 Å². The zero-order valence-electron chi connectivity index (χ0n) is 10.6. The number of hydrogen-bond donors (Lipinski definition) is 0. The van der Waals surface area contributed by atoms with Crippen LogP contribution in [0.5, 0.6) is 0 Å². The molecule has 98 valence electrons. The maximum atomic E-state index is 8.97. The van der Waals surface area contributed by atoms with Gasteiger partial charge in [-0.15, -0.1) is 0 Å². The van der Waals surface area contributed by atoms with E-state index in [1.807, 2.05) is 29.8 Å². The second-order valence-electron chi connectivity index (χ2n) is 4.43. The lowest BCUT2D eigenvalue weighted by Crippen LogP contribution is -1.93. The average Bonchev–Trinajstić information content (AvgIpc) is 2.76. The third kappa shape index (κ3) is 2.03. The summed E-state index contributed by atoms with van der Waals surface area (Å²) >= 11 is 12.1. The molecule has 0 spiro atoms. The zero-order chi connectivity index (χ0) is 14.3. The van der Waals surface area contributed by atoms with Crippen LogP contribution in [0, 0.1) is 11.3 Å². The minimum absolute atomic E-state index is 0.552. The standard InChI is InChI=1S/C15H9Cl2N3/c1-20-14-6-9(8-18)2-5-13(14)19-15(20)11-4-3-10(16)7-12(11)17/h2-7H,1H3. The van der Waals surface area contributed by atoms with Crippen LogP contribution in [-0.2, 0) is 7.05 Å². The molecule has 0 N–H and O–H groups in total. The van der Waals surface area contributed by atoms with Crippen molar-refractivity contribution in [1.82, 2.24) is 9.55 Å². The zero-order valence-corrected chi connectivity index (χ0v) is 12.1. The highest BCUT2D eigenvalue weighted by atomic mass is 35.5. The van der Waals surface area contributed by atoms with Gasteiger partial charge in [0.25, 0.3) is 0 Å². The van der Waals surface area contributed by atoms with Crippen molar-refractivity contribution < 1.29 is 0 Å². The number of aromatic nitrogens is 2. The van der Waals surface area contributed by atoms with Crippen LogP contribution in [0.3, 0.4) is 0 Å². The van der Waals surface area contributed by atoms with Crippen LogP contribution < -0.4 is 0 Å². The van der Waals surface area contributed by atoms with Crippen LogP contribution in [-0.4, -0.2) is 9.55 Å². The highest BCUT2D eigenvalue weighted by Crippen LogP contribution is 2.31. The maximum absolute atomic E-state index is 8.97. The van der Waals surface area contributed by atoms with E-state index in [0.29, 0.717) is 15.6 Å². The van der Waals surface area contributed by atoms with Gasteiger partial charge in [0.15, 0.2) is 0 Å². The summed E-state index contributed by atoms with van der Waals surface area (Å²) in [5.41, 5.74) is 3.14. The second kappa shape index (κ2) is 4.82. The monoisotopic (exact) mass is 301 g/mol. The SMILES string of the molecule is Cn1c(-c2ccc(Cl)cc2Cl)nc2ccc(C#N)cc21. The molecule has 2 aromatic carbocycles. The van der Waals surface area contributed by atoms with Gasteiger partial charge in [-0.25, -0.2) is 4.98 Å². The summed E-state index contributed by atoms with van der Waals surface area (Å²) in [6.45, 7) is 0. The molecule has 1 aromatic heterocycles. The number of halogens is 2. The van der Waals surface area contributed by atoms with E-state index < -0.39 is 0 Å². The normalized spacial score (nSPS) is 10.7. The molecular weight excluding hydrogens is 293 g/mol. The Hall–Kier alpha value is -2.02. The molecule has 0 unspecified atom stereocenters. The summed E-state index contributed by atoms with van der Waals surface area (Å²) in [5.74, 6) is 0.747. The van der Waals surface area contributed by atoms with Gasteiger partial charge in [-0.1, -0.05) is 23.2 Å². The van der Waals surface area contributed by atoms with Crippen molar-refractivity contribution in [3.63, 3.8) is 0 Å². The third-order valence-corrected chi connectivity index (χ3v) is 3.73. The van der Waals surface area contributed by atoms with Gasteiger partial charge in [0.1, 0.15) is 5.82 Å². The van der Waals surface area contributed by atoms with Crippen molar-refractivity contribution >= 4 is 34.2 Å². The molecule has 0 aliphatic heterocycles. The number of hydrogen-bond acceptors (Lipinski definition) is 2. The Labute approximate surface area is 126 Å². The quantitative estimate of drug-likeness (QED) is 0.667. The number of rotatable bonds is 1. The maximum Gasteiger partial charge on any atom is 0.142 e. The number of nitrogens with zero attached hydrogens (tertiary/aromatic N) is 3. The van der Waals surface area contributed by atoms with Crippen LogP contribution in [0.2, 0.25) is 10.0 Å². The highest BCUT2D eigenvalue weighted by molar-refractivity contribution is 6.36. The molecule has 3 aromatic rings. The summed E-state index contributed by atoms with van der Waals surface area (Å²) in [6, 6.07) is 12.8. The highest BCUT2D eigenvalue weighted by Gasteiger charge is 2.13. The fraction of sp³-hybridized carbons (Fsp3) is 0.0667. The number of aryl methyl sites for hydroxylation is 1. The van der Waals surface area contributed by atoms with Crippen LogP contribution in [0.15, 0.2) is 36.4 Å². The largest absolute Gasteiger partial charge is 0.327 e. The molecule has 0 atom stereocenters. The Kier molecular flexibility index (Phi) is 3.13. The van der Waals surface area contributed by atoms with Crippen LogP contribution in [0.25, 0.3) is 22.4 Å². The van der Waals surface area contributed by atoms with E-state index in [2.05, 4.69) is 11.1 Å². The molecule has 1 heterocycles. The van der Waals surface area contributed by atoms with Gasteiger partial charge in [-0.3, -0.25) is 0 Å². The Bertz CT molecular complexity index is 859. The number of benzene rings is 2. The van der Waals surface area contributed by atoms with Gasteiger partial charge in [-0.2, -0.15) is 5.26 Å². The molecule has 3 rings (SSSR count). The predicted molar refractivity (Wildman–Crippen MR) is 80.9 cm³/mol. The predicted octanol–water partition coefficient (Wildman–Crippen LogP) is 4.42. The van der Waals surface area contributed by atoms with Crippen molar-refractivity contribution in [2.24, 2.45) is 7.05 Å². The minimum atomic E-state index is 0.552. The molecule has 0 radical (unpaired) electrons. The Morgan fingerprint density at radius 1 is 1.15 bits per heavy atom. The lowest BCUT2D eigenvalue weighted by molar-refractivity contribution is 0.959. The van der Waals surface area contributed by atoms with E-state index in [-0.39, 0.29) is 0 Å². The smallest absolute Gasteiger partial charge is 0.142 e. The molecule has 0 bridgehead atoms. The first-order valence-electron chi connectivity index (χ1n) is 5.92. The summed E-state index contributed by atoms with van der Waals surface area (Å²) in [6.07, 6.45) is 0. The molecule has 0 saturated carbocycles. The molecule has 0 amide bonds. The van der Waals surface area contributed by atoms with E-state index in [1.54, 1.807) is 18.2 Å². The first kappa shape index (κ1) is 13.0. The van der Waals surface area contributed by atoms with Crippen molar-refractivity contribution in [1.29, 1.82) is 5.26 Å². The van der Waals surface area contributed by atoms with E-state index in [1.165, 1.54) is 0 Å².